The molecule has 0 atom stereocenters. The van der Waals surface area contributed by atoms with Crippen LogP contribution in [0.25, 0.3) is 0 Å². The quantitative estimate of drug-likeness (QED) is 0.256. The molecule has 1 aromatic heterocycles. The van der Waals surface area contributed by atoms with Crippen molar-refractivity contribution in [3.63, 3.8) is 0 Å². The number of hydrogen-bond donors (Lipinski definition) is 3. The summed E-state index contributed by atoms with van der Waals surface area (Å²) in [5.41, 5.74) is 1.86. The normalized spacial score (nSPS) is 15.1. The van der Waals surface area contributed by atoms with Crippen molar-refractivity contribution in [1.29, 1.82) is 0 Å². The van der Waals surface area contributed by atoms with Crippen molar-refractivity contribution < 1.29 is 14.3 Å². The number of aliphatic imine (C=N–C) groups is 1. The summed E-state index contributed by atoms with van der Waals surface area (Å²) in [4.78, 5) is 20.5. The Bertz CT molecular complexity index is 918. The summed E-state index contributed by atoms with van der Waals surface area (Å²) < 4.78 is 11.0. The number of carbonyl (C=O) groups excluding carboxylic acids is 1. The van der Waals surface area contributed by atoms with Crippen molar-refractivity contribution in [3.8, 4) is 11.5 Å². The van der Waals surface area contributed by atoms with E-state index in [1.54, 1.807) is 45.8 Å². The van der Waals surface area contributed by atoms with E-state index >= 15 is 0 Å². The highest BCUT2D eigenvalue weighted by atomic mass is 127. The van der Waals surface area contributed by atoms with Crippen LogP contribution in [0.2, 0.25) is 0 Å². The van der Waals surface area contributed by atoms with Gasteiger partial charge in [0.1, 0.15) is 0 Å². The van der Waals surface area contributed by atoms with Crippen LogP contribution in [0.3, 0.4) is 0 Å². The molecule has 2 aromatic rings. The van der Waals surface area contributed by atoms with Gasteiger partial charge in [0.05, 0.1) is 32.6 Å². The van der Waals surface area contributed by atoms with Gasteiger partial charge in [-0.05, 0) is 42.7 Å². The van der Waals surface area contributed by atoms with Crippen LogP contribution in [0, 0.1) is 0 Å². The number of guanidine groups is 1. The first kappa shape index (κ1) is 26.7. The highest BCUT2D eigenvalue weighted by Crippen LogP contribution is 2.42. The Balaban J connectivity index is 0.00000385. The minimum absolute atomic E-state index is 0. The zero-order valence-electron chi connectivity index (χ0n) is 19.5. The van der Waals surface area contributed by atoms with Gasteiger partial charge in [-0.2, -0.15) is 0 Å². The van der Waals surface area contributed by atoms with Crippen LogP contribution in [0.15, 0.2) is 47.7 Å². The zero-order chi connectivity index (χ0) is 22.8. The third-order valence-corrected chi connectivity index (χ3v) is 5.99. The van der Waals surface area contributed by atoms with Gasteiger partial charge in [-0.25, -0.2) is 0 Å². The molecule has 3 N–H and O–H groups in total. The number of halogens is 1. The van der Waals surface area contributed by atoms with Crippen molar-refractivity contribution >= 4 is 41.5 Å². The van der Waals surface area contributed by atoms with Crippen molar-refractivity contribution in [3.05, 3.63) is 48.3 Å². The third-order valence-electron chi connectivity index (χ3n) is 5.99. The molecule has 1 fully saturated rings. The Labute approximate surface area is 213 Å². The maximum absolute atomic E-state index is 12.2. The lowest BCUT2D eigenvalue weighted by molar-refractivity contribution is -0.115. The molecule has 0 radical (unpaired) electrons. The summed E-state index contributed by atoms with van der Waals surface area (Å²) in [6.45, 7) is 0.824. The number of ether oxygens (including phenoxy) is 2. The molecule has 0 bridgehead atoms. The van der Waals surface area contributed by atoms with Gasteiger partial charge >= 0.3 is 0 Å². The second-order valence-corrected chi connectivity index (χ2v) is 7.98. The second-order valence-electron chi connectivity index (χ2n) is 7.98. The smallest absolute Gasteiger partial charge is 0.243 e. The lowest BCUT2D eigenvalue weighted by Gasteiger charge is -2.38. The average Bonchev–Trinajstić information content (AvgIpc) is 2.84. The van der Waals surface area contributed by atoms with Crippen LogP contribution in [-0.4, -0.2) is 51.2 Å². The van der Waals surface area contributed by atoms with Crippen LogP contribution in [0.4, 0.5) is 5.69 Å². The van der Waals surface area contributed by atoms with E-state index in [9.17, 15) is 4.79 Å². The molecule has 8 nitrogen and oxygen atoms in total. The fourth-order valence-electron chi connectivity index (χ4n) is 4.24. The number of rotatable bonds is 8. The number of nitrogens with zero attached hydrogens (tertiary/aromatic N) is 2. The fourth-order valence-corrected chi connectivity index (χ4v) is 4.24. The molecule has 1 heterocycles. The molecular weight excluding hydrogens is 533 g/mol. The molecular formula is C24H34IN5O3. The molecule has 3 rings (SSSR count). The summed E-state index contributed by atoms with van der Waals surface area (Å²) in [6, 6.07) is 9.77. The summed E-state index contributed by atoms with van der Waals surface area (Å²) in [6.07, 6.45) is 9.03. The van der Waals surface area contributed by atoms with Crippen LogP contribution < -0.4 is 25.4 Å². The second kappa shape index (κ2) is 13.2. The van der Waals surface area contributed by atoms with Gasteiger partial charge in [0.2, 0.25) is 5.91 Å². The van der Waals surface area contributed by atoms with Crippen molar-refractivity contribution in [2.75, 3.05) is 39.7 Å². The number of amides is 1. The Hall–Kier alpha value is -2.56. The Morgan fingerprint density at radius 2 is 1.85 bits per heavy atom. The van der Waals surface area contributed by atoms with Crippen LogP contribution in [0.1, 0.15) is 37.7 Å². The van der Waals surface area contributed by atoms with E-state index in [1.165, 1.54) is 24.8 Å². The van der Waals surface area contributed by atoms with Crippen LogP contribution >= 0.6 is 24.0 Å². The van der Waals surface area contributed by atoms with Gasteiger partial charge < -0.3 is 25.4 Å². The number of benzene rings is 1. The van der Waals surface area contributed by atoms with E-state index in [2.05, 4.69) is 38.1 Å². The zero-order valence-corrected chi connectivity index (χ0v) is 21.8. The van der Waals surface area contributed by atoms with Crippen molar-refractivity contribution in [2.24, 2.45) is 4.99 Å². The Morgan fingerprint density at radius 1 is 1.09 bits per heavy atom. The molecule has 0 aliphatic heterocycles. The first-order valence-corrected chi connectivity index (χ1v) is 11.0. The maximum atomic E-state index is 12.2. The number of nitrogens with one attached hydrogen (secondary N) is 3. The Kier molecular flexibility index (Phi) is 10.7. The van der Waals surface area contributed by atoms with Crippen molar-refractivity contribution in [2.45, 2.75) is 37.5 Å². The summed E-state index contributed by atoms with van der Waals surface area (Å²) in [7, 11) is 5.02. The standard InChI is InChI=1S/C24H33N5O3.HI/c1-25-23(27-16-22(30)29-19-8-7-13-26-15-19)28-17-24(11-5-4-6-12-24)18-9-10-20(31-2)21(14-18)32-3;/h7-10,13-15H,4-6,11-12,16-17H2,1-3H3,(H,29,30)(H2,25,27,28);1H. The fraction of sp³-hybridized carbons (Fsp3) is 0.458. The topological polar surface area (TPSA) is 96.9 Å². The van der Waals surface area contributed by atoms with E-state index in [0.29, 0.717) is 18.2 Å². The first-order valence-electron chi connectivity index (χ1n) is 11.0. The lowest BCUT2D eigenvalue weighted by Crippen LogP contribution is -2.48. The Morgan fingerprint density at radius 3 is 2.48 bits per heavy atom. The number of carbonyl (C=O) groups is 1. The van der Waals surface area contributed by atoms with Gasteiger partial charge in [-0.3, -0.25) is 14.8 Å². The molecule has 180 valence electrons. The van der Waals surface area contributed by atoms with Gasteiger partial charge in [0, 0.05) is 25.2 Å². The van der Waals surface area contributed by atoms with Gasteiger partial charge in [-0.15, -0.1) is 24.0 Å². The number of aromatic nitrogens is 1. The van der Waals surface area contributed by atoms with E-state index < -0.39 is 0 Å². The van der Waals surface area contributed by atoms with Crippen LogP contribution in [0.5, 0.6) is 11.5 Å². The summed E-state index contributed by atoms with van der Waals surface area (Å²) in [5, 5.41) is 9.35. The number of anilines is 1. The van der Waals surface area contributed by atoms with Crippen molar-refractivity contribution in [1.82, 2.24) is 15.6 Å². The predicted molar refractivity (Wildman–Crippen MR) is 142 cm³/mol. The maximum Gasteiger partial charge on any atom is 0.243 e. The van der Waals surface area contributed by atoms with E-state index in [1.807, 2.05) is 6.07 Å². The molecule has 0 spiro atoms. The minimum Gasteiger partial charge on any atom is -0.493 e. The average molecular weight is 567 g/mol. The highest BCUT2D eigenvalue weighted by Gasteiger charge is 2.34. The number of methoxy groups -OCH3 is 2. The molecule has 1 aromatic carbocycles. The van der Waals surface area contributed by atoms with Gasteiger partial charge in [-0.1, -0.05) is 25.3 Å². The molecule has 0 saturated heterocycles. The molecule has 1 aliphatic rings. The number of hydrogen-bond acceptors (Lipinski definition) is 5. The number of pyridine rings is 1. The van der Waals surface area contributed by atoms with Crippen LogP contribution in [-0.2, 0) is 10.2 Å². The summed E-state index contributed by atoms with van der Waals surface area (Å²) in [5.74, 6) is 1.90. The molecule has 9 heteroatoms. The minimum atomic E-state index is -0.159. The third kappa shape index (κ3) is 7.21. The van der Waals surface area contributed by atoms with E-state index in [0.717, 1.165) is 24.3 Å². The van der Waals surface area contributed by atoms with E-state index in [4.69, 9.17) is 9.47 Å². The first-order chi connectivity index (χ1) is 15.6. The SMILES string of the molecule is CN=C(NCC(=O)Nc1cccnc1)NCC1(c2ccc(OC)c(OC)c2)CCCCC1.I. The largest absolute Gasteiger partial charge is 0.493 e. The molecule has 1 amide bonds. The van der Waals surface area contributed by atoms with E-state index in [-0.39, 0.29) is 41.8 Å². The van der Waals surface area contributed by atoms with Gasteiger partial charge in [0.25, 0.3) is 0 Å². The predicted octanol–water partition coefficient (Wildman–Crippen LogP) is 3.72. The molecule has 1 saturated carbocycles. The summed E-state index contributed by atoms with van der Waals surface area (Å²) >= 11 is 0. The lowest BCUT2D eigenvalue weighted by atomic mass is 9.69. The molecule has 1 aliphatic carbocycles. The highest BCUT2D eigenvalue weighted by molar-refractivity contribution is 14.0. The van der Waals surface area contributed by atoms with Gasteiger partial charge in [0.15, 0.2) is 17.5 Å². The molecule has 0 unspecified atom stereocenters. The monoisotopic (exact) mass is 567 g/mol. The molecule has 33 heavy (non-hydrogen) atoms.